The first-order chi connectivity index (χ1) is 12.6. The molecule has 1 saturated heterocycles. The molecule has 2 atom stereocenters. The fourth-order valence-corrected chi connectivity index (χ4v) is 3.06. The average molecular weight is 362 g/mol. The molecule has 26 heavy (non-hydrogen) atoms. The van der Waals surface area contributed by atoms with Crippen molar-refractivity contribution in [2.24, 2.45) is 0 Å². The van der Waals surface area contributed by atoms with Gasteiger partial charge in [-0.1, -0.05) is 0 Å². The Balaban J connectivity index is 1.56. The molecule has 140 valence electrons. The number of likely N-dealkylation sites (tertiary alicyclic amines) is 1. The zero-order chi connectivity index (χ0) is 18.5. The number of nitrogens with one attached hydrogen (secondary N) is 1. The van der Waals surface area contributed by atoms with Gasteiger partial charge in [0, 0.05) is 25.3 Å². The second-order valence-electron chi connectivity index (χ2n) is 6.21. The normalized spacial score (nSPS) is 19.8. The lowest BCUT2D eigenvalue weighted by molar-refractivity contribution is -0.127. The molecule has 0 bridgehead atoms. The molecule has 1 N–H and O–H groups in total. The summed E-state index contributed by atoms with van der Waals surface area (Å²) in [7, 11) is 1.58. The van der Waals surface area contributed by atoms with Crippen LogP contribution in [0, 0.1) is 0 Å². The molecule has 0 aliphatic carbocycles. The molecular weight excluding hydrogens is 340 g/mol. The molecular formula is C17H22N4O5. The maximum Gasteiger partial charge on any atom is 0.254 e. The van der Waals surface area contributed by atoms with Gasteiger partial charge in [-0.2, -0.15) is 0 Å². The topological polar surface area (TPSA) is 107 Å². The Morgan fingerprint density at radius 3 is 2.92 bits per heavy atom. The van der Waals surface area contributed by atoms with E-state index in [9.17, 15) is 9.59 Å². The van der Waals surface area contributed by atoms with Crippen molar-refractivity contribution in [2.45, 2.75) is 25.4 Å². The Kier molecular flexibility index (Phi) is 5.79. The maximum atomic E-state index is 12.8. The van der Waals surface area contributed by atoms with Gasteiger partial charge in [-0.15, -0.1) is 0 Å². The van der Waals surface area contributed by atoms with Crippen molar-refractivity contribution in [3.05, 3.63) is 23.8 Å². The predicted molar refractivity (Wildman–Crippen MR) is 91.5 cm³/mol. The number of fused-ring (bicyclic) bond motifs is 1. The summed E-state index contributed by atoms with van der Waals surface area (Å²) in [4.78, 5) is 26.5. The molecule has 9 heteroatoms. The van der Waals surface area contributed by atoms with Crippen LogP contribution in [0.1, 0.15) is 23.7 Å². The predicted octanol–water partition coefficient (Wildman–Crippen LogP) is 0.605. The number of carbonyl (C=O) groups is 2. The number of methoxy groups -OCH3 is 1. The van der Waals surface area contributed by atoms with Crippen molar-refractivity contribution in [3.63, 3.8) is 0 Å². The maximum absolute atomic E-state index is 12.8. The quantitative estimate of drug-likeness (QED) is 0.719. The van der Waals surface area contributed by atoms with E-state index in [-0.39, 0.29) is 30.5 Å². The highest BCUT2D eigenvalue weighted by Gasteiger charge is 2.35. The lowest BCUT2D eigenvalue weighted by Gasteiger charge is -2.25. The SMILES string of the molecule is COCCOCC(=O)N[C@@H]1CCN(C(=O)c2ccc3nonc3c2)[C@H]1C. The largest absolute Gasteiger partial charge is 0.382 e. The zero-order valence-corrected chi connectivity index (χ0v) is 14.8. The Hall–Kier alpha value is -2.52. The van der Waals surface area contributed by atoms with Gasteiger partial charge in [0.05, 0.1) is 19.3 Å². The molecule has 1 aromatic heterocycles. The number of hydrogen-bond acceptors (Lipinski definition) is 7. The second kappa shape index (κ2) is 8.24. The monoisotopic (exact) mass is 362 g/mol. The van der Waals surface area contributed by atoms with Crippen molar-refractivity contribution in [1.29, 1.82) is 0 Å². The Morgan fingerprint density at radius 1 is 1.31 bits per heavy atom. The summed E-state index contributed by atoms with van der Waals surface area (Å²) in [5, 5.41) is 10.4. The molecule has 0 saturated carbocycles. The second-order valence-corrected chi connectivity index (χ2v) is 6.21. The summed E-state index contributed by atoms with van der Waals surface area (Å²) in [5.41, 5.74) is 1.67. The molecule has 1 aliphatic heterocycles. The highest BCUT2D eigenvalue weighted by molar-refractivity contribution is 5.97. The number of ether oxygens (including phenoxy) is 2. The van der Waals surface area contributed by atoms with Crippen LogP contribution >= 0.6 is 0 Å². The fraction of sp³-hybridized carbons (Fsp3) is 0.529. The van der Waals surface area contributed by atoms with Gasteiger partial charge in [0.2, 0.25) is 5.91 Å². The van der Waals surface area contributed by atoms with E-state index < -0.39 is 0 Å². The van der Waals surface area contributed by atoms with Crippen molar-refractivity contribution < 1.29 is 23.7 Å². The summed E-state index contributed by atoms with van der Waals surface area (Å²) in [6.45, 7) is 3.30. The van der Waals surface area contributed by atoms with E-state index >= 15 is 0 Å². The van der Waals surface area contributed by atoms with Crippen LogP contribution in [0.4, 0.5) is 0 Å². The number of rotatable bonds is 7. The molecule has 1 aliphatic rings. The lowest BCUT2D eigenvalue weighted by atomic mass is 10.1. The van der Waals surface area contributed by atoms with E-state index in [1.54, 1.807) is 30.2 Å². The van der Waals surface area contributed by atoms with Gasteiger partial charge in [0.25, 0.3) is 5.91 Å². The smallest absolute Gasteiger partial charge is 0.254 e. The van der Waals surface area contributed by atoms with Gasteiger partial charge < -0.3 is 19.7 Å². The van der Waals surface area contributed by atoms with Crippen LogP contribution in [-0.2, 0) is 14.3 Å². The van der Waals surface area contributed by atoms with Crippen LogP contribution in [-0.4, -0.2) is 72.6 Å². The molecule has 2 aromatic rings. The highest BCUT2D eigenvalue weighted by atomic mass is 16.6. The van der Waals surface area contributed by atoms with Gasteiger partial charge in [-0.05, 0) is 41.9 Å². The van der Waals surface area contributed by atoms with Crippen molar-refractivity contribution in [2.75, 3.05) is 33.5 Å². The van der Waals surface area contributed by atoms with Gasteiger partial charge in [0.1, 0.15) is 17.6 Å². The standard InChI is InChI=1S/C17H22N4O5/c1-11-13(18-16(22)10-25-8-7-24-2)5-6-21(11)17(23)12-3-4-14-15(9-12)20-26-19-14/h3-4,9,11,13H,5-8,10H2,1-2H3,(H,18,22)/t11-,13+/m0/s1. The molecule has 3 rings (SSSR count). The summed E-state index contributed by atoms with van der Waals surface area (Å²) in [6.07, 6.45) is 0.699. The van der Waals surface area contributed by atoms with Gasteiger partial charge in [0.15, 0.2) is 0 Å². The third kappa shape index (κ3) is 4.00. The Bertz CT molecular complexity index is 777. The molecule has 0 unspecified atom stereocenters. The lowest BCUT2D eigenvalue weighted by Crippen LogP contribution is -2.46. The number of amides is 2. The first kappa shape index (κ1) is 18.3. The number of aromatic nitrogens is 2. The Morgan fingerprint density at radius 2 is 2.12 bits per heavy atom. The van der Waals surface area contributed by atoms with Crippen LogP contribution in [0.15, 0.2) is 22.8 Å². The highest BCUT2D eigenvalue weighted by Crippen LogP contribution is 2.22. The van der Waals surface area contributed by atoms with Crippen LogP contribution in [0.3, 0.4) is 0 Å². The molecule has 2 amide bonds. The summed E-state index contributed by atoms with van der Waals surface area (Å²) in [5.74, 6) is -0.294. The number of hydrogen-bond donors (Lipinski definition) is 1. The number of nitrogens with zero attached hydrogens (tertiary/aromatic N) is 3. The number of benzene rings is 1. The van der Waals surface area contributed by atoms with E-state index in [0.717, 1.165) is 0 Å². The average Bonchev–Trinajstić information content (AvgIpc) is 3.25. The molecule has 0 radical (unpaired) electrons. The van der Waals surface area contributed by atoms with Crippen LogP contribution < -0.4 is 5.32 Å². The van der Waals surface area contributed by atoms with Crippen molar-refractivity contribution in [1.82, 2.24) is 20.5 Å². The van der Waals surface area contributed by atoms with Gasteiger partial charge in [-0.25, -0.2) is 4.63 Å². The molecule has 1 fully saturated rings. The minimum absolute atomic E-state index is 0.0175. The van der Waals surface area contributed by atoms with Crippen LogP contribution in [0.25, 0.3) is 11.0 Å². The minimum Gasteiger partial charge on any atom is -0.382 e. The summed E-state index contributed by atoms with van der Waals surface area (Å²) >= 11 is 0. The zero-order valence-electron chi connectivity index (χ0n) is 14.8. The van der Waals surface area contributed by atoms with Crippen LogP contribution in [0.5, 0.6) is 0 Å². The molecule has 9 nitrogen and oxygen atoms in total. The first-order valence-electron chi connectivity index (χ1n) is 8.49. The third-order valence-electron chi connectivity index (χ3n) is 4.53. The van der Waals surface area contributed by atoms with E-state index in [2.05, 4.69) is 20.3 Å². The number of carbonyl (C=O) groups excluding carboxylic acids is 2. The first-order valence-corrected chi connectivity index (χ1v) is 8.49. The van der Waals surface area contributed by atoms with E-state index in [4.69, 9.17) is 9.47 Å². The van der Waals surface area contributed by atoms with Crippen molar-refractivity contribution in [3.8, 4) is 0 Å². The van der Waals surface area contributed by atoms with Gasteiger partial charge >= 0.3 is 0 Å². The van der Waals surface area contributed by atoms with Crippen molar-refractivity contribution >= 4 is 22.8 Å². The fourth-order valence-electron chi connectivity index (χ4n) is 3.06. The third-order valence-corrected chi connectivity index (χ3v) is 4.53. The molecule has 1 aromatic carbocycles. The van der Waals surface area contributed by atoms with E-state index in [1.165, 1.54) is 0 Å². The minimum atomic E-state index is -0.192. The molecule has 0 spiro atoms. The molecule has 2 heterocycles. The Labute approximate surface area is 150 Å². The van der Waals surface area contributed by atoms with Crippen LogP contribution in [0.2, 0.25) is 0 Å². The van der Waals surface area contributed by atoms with Gasteiger partial charge in [-0.3, -0.25) is 9.59 Å². The van der Waals surface area contributed by atoms with E-state index in [1.807, 2.05) is 6.92 Å². The van der Waals surface area contributed by atoms with E-state index in [0.29, 0.717) is 42.8 Å². The summed E-state index contributed by atoms with van der Waals surface area (Å²) < 4.78 is 14.7. The summed E-state index contributed by atoms with van der Waals surface area (Å²) in [6, 6.07) is 4.86.